The molecule has 0 saturated carbocycles. The zero-order valence-electron chi connectivity index (χ0n) is 10.7. The molecule has 2 aromatic carbocycles. The maximum absolute atomic E-state index is 10.7. The lowest BCUT2D eigenvalue weighted by molar-refractivity contribution is -0.385. The van der Waals surface area contributed by atoms with Gasteiger partial charge in [-0.05, 0) is 52.7 Å². The van der Waals surface area contributed by atoms with Gasteiger partial charge in [0.15, 0.2) is 0 Å². The highest BCUT2D eigenvalue weighted by Gasteiger charge is 2.13. The molecule has 2 N–H and O–H groups in total. The molecule has 1 unspecified atom stereocenters. The highest BCUT2D eigenvalue weighted by atomic mass is 79.9. The van der Waals surface area contributed by atoms with Crippen molar-refractivity contribution in [2.45, 2.75) is 13.0 Å². The number of nitrogens with zero attached hydrogens (tertiary/aromatic N) is 1. The highest BCUT2D eigenvalue weighted by Crippen LogP contribution is 2.29. The maximum Gasteiger partial charge on any atom is 0.283 e. The van der Waals surface area contributed by atoms with E-state index in [0.29, 0.717) is 4.47 Å². The van der Waals surface area contributed by atoms with Gasteiger partial charge in [0.25, 0.3) is 5.69 Å². The van der Waals surface area contributed by atoms with Crippen LogP contribution >= 0.6 is 15.9 Å². The fourth-order valence-corrected chi connectivity index (χ4v) is 2.40. The smallest absolute Gasteiger partial charge is 0.283 e. The molecule has 0 saturated heterocycles. The standard InChI is InChI=1S/C14H13BrN2O3/c1-9(10-3-2-4-12(18)7-10)16-11-5-6-14(17(19)20)13(15)8-11/h2-9,16,18H,1H3. The van der Waals surface area contributed by atoms with Gasteiger partial charge in [-0.25, -0.2) is 0 Å². The summed E-state index contributed by atoms with van der Waals surface area (Å²) >= 11 is 3.18. The van der Waals surface area contributed by atoms with E-state index < -0.39 is 4.92 Å². The molecular weight excluding hydrogens is 324 g/mol. The minimum Gasteiger partial charge on any atom is -0.508 e. The molecule has 2 aromatic rings. The van der Waals surface area contributed by atoms with Crippen molar-refractivity contribution in [3.05, 3.63) is 62.6 Å². The average molecular weight is 337 g/mol. The van der Waals surface area contributed by atoms with E-state index in [0.717, 1.165) is 11.3 Å². The summed E-state index contributed by atoms with van der Waals surface area (Å²) in [6.45, 7) is 1.95. The maximum atomic E-state index is 10.7. The Morgan fingerprint density at radius 2 is 2.05 bits per heavy atom. The van der Waals surface area contributed by atoms with Crippen LogP contribution in [0.1, 0.15) is 18.5 Å². The lowest BCUT2D eigenvalue weighted by Crippen LogP contribution is -2.06. The fraction of sp³-hybridized carbons (Fsp3) is 0.143. The summed E-state index contributed by atoms with van der Waals surface area (Å²) in [6.07, 6.45) is 0. The number of benzene rings is 2. The summed E-state index contributed by atoms with van der Waals surface area (Å²) in [4.78, 5) is 10.3. The van der Waals surface area contributed by atoms with Gasteiger partial charge < -0.3 is 10.4 Å². The van der Waals surface area contributed by atoms with Crippen LogP contribution in [0, 0.1) is 10.1 Å². The minimum absolute atomic E-state index is 0.0283. The van der Waals surface area contributed by atoms with Crippen LogP contribution in [0.15, 0.2) is 46.9 Å². The van der Waals surface area contributed by atoms with Crippen LogP contribution in [0.3, 0.4) is 0 Å². The van der Waals surface area contributed by atoms with Crippen molar-refractivity contribution < 1.29 is 10.0 Å². The zero-order valence-corrected chi connectivity index (χ0v) is 12.3. The van der Waals surface area contributed by atoms with Crippen LogP contribution in [-0.2, 0) is 0 Å². The highest BCUT2D eigenvalue weighted by molar-refractivity contribution is 9.10. The van der Waals surface area contributed by atoms with Crippen LogP contribution < -0.4 is 5.32 Å². The third-order valence-electron chi connectivity index (χ3n) is 2.90. The van der Waals surface area contributed by atoms with Gasteiger partial charge in [0.05, 0.1) is 9.40 Å². The molecule has 0 spiro atoms. The summed E-state index contributed by atoms with van der Waals surface area (Å²) in [5.41, 5.74) is 1.72. The largest absolute Gasteiger partial charge is 0.508 e. The van der Waals surface area contributed by atoms with E-state index in [1.807, 2.05) is 13.0 Å². The first kappa shape index (κ1) is 14.3. The van der Waals surface area contributed by atoms with Crippen LogP contribution in [0.4, 0.5) is 11.4 Å². The zero-order chi connectivity index (χ0) is 14.7. The molecule has 0 aliphatic rings. The van der Waals surface area contributed by atoms with Crippen molar-refractivity contribution in [3.63, 3.8) is 0 Å². The number of phenolic OH excluding ortho intramolecular Hbond substituents is 1. The van der Waals surface area contributed by atoms with Gasteiger partial charge in [-0.2, -0.15) is 0 Å². The number of halogens is 1. The molecule has 2 rings (SSSR count). The Hall–Kier alpha value is -2.08. The van der Waals surface area contributed by atoms with E-state index in [-0.39, 0.29) is 17.5 Å². The van der Waals surface area contributed by atoms with E-state index >= 15 is 0 Å². The van der Waals surface area contributed by atoms with Crippen molar-refractivity contribution in [1.82, 2.24) is 0 Å². The molecule has 0 aliphatic carbocycles. The molecule has 1 atom stereocenters. The van der Waals surface area contributed by atoms with Crippen LogP contribution in [0.2, 0.25) is 0 Å². The summed E-state index contributed by atoms with van der Waals surface area (Å²) in [5, 5.41) is 23.4. The predicted molar refractivity (Wildman–Crippen MR) is 80.9 cm³/mol. The molecule has 0 bridgehead atoms. The van der Waals surface area contributed by atoms with Crippen molar-refractivity contribution >= 4 is 27.3 Å². The summed E-state index contributed by atoms with van der Waals surface area (Å²) in [5.74, 6) is 0.209. The molecular formula is C14H13BrN2O3. The van der Waals surface area contributed by atoms with Crippen molar-refractivity contribution in [2.75, 3.05) is 5.32 Å². The topological polar surface area (TPSA) is 75.4 Å². The summed E-state index contributed by atoms with van der Waals surface area (Å²) < 4.78 is 0.426. The van der Waals surface area contributed by atoms with Gasteiger partial charge in [0.1, 0.15) is 5.75 Å². The number of nitrogens with one attached hydrogen (secondary N) is 1. The second kappa shape index (κ2) is 5.92. The minimum atomic E-state index is -0.438. The molecule has 104 valence electrons. The van der Waals surface area contributed by atoms with E-state index in [2.05, 4.69) is 21.2 Å². The summed E-state index contributed by atoms with van der Waals surface area (Å²) in [7, 11) is 0. The third-order valence-corrected chi connectivity index (χ3v) is 3.53. The first-order valence-electron chi connectivity index (χ1n) is 5.97. The van der Waals surface area contributed by atoms with E-state index in [4.69, 9.17) is 0 Å². The number of rotatable bonds is 4. The van der Waals surface area contributed by atoms with E-state index in [9.17, 15) is 15.2 Å². The number of hydrogen-bond acceptors (Lipinski definition) is 4. The number of aromatic hydroxyl groups is 1. The monoisotopic (exact) mass is 336 g/mol. The van der Waals surface area contributed by atoms with Gasteiger partial charge >= 0.3 is 0 Å². The Morgan fingerprint density at radius 1 is 1.30 bits per heavy atom. The Labute approximate surface area is 124 Å². The van der Waals surface area contributed by atoms with Gasteiger partial charge in [0, 0.05) is 17.8 Å². The quantitative estimate of drug-likeness (QED) is 0.646. The Balaban J connectivity index is 2.18. The van der Waals surface area contributed by atoms with E-state index in [1.165, 1.54) is 6.07 Å². The number of nitro groups is 1. The molecule has 0 amide bonds. The molecule has 6 heteroatoms. The summed E-state index contributed by atoms with van der Waals surface area (Å²) in [6, 6.07) is 11.7. The van der Waals surface area contributed by atoms with Crippen LogP contribution in [-0.4, -0.2) is 10.0 Å². The van der Waals surface area contributed by atoms with Gasteiger partial charge in [0.2, 0.25) is 0 Å². The van der Waals surface area contributed by atoms with Crippen molar-refractivity contribution in [2.24, 2.45) is 0 Å². The van der Waals surface area contributed by atoms with Crippen molar-refractivity contribution in [1.29, 1.82) is 0 Å². The van der Waals surface area contributed by atoms with Crippen LogP contribution in [0.25, 0.3) is 0 Å². The molecule has 5 nitrogen and oxygen atoms in total. The van der Waals surface area contributed by atoms with Crippen LogP contribution in [0.5, 0.6) is 5.75 Å². The first-order valence-corrected chi connectivity index (χ1v) is 6.76. The number of anilines is 1. The molecule has 0 fully saturated rings. The third kappa shape index (κ3) is 3.27. The lowest BCUT2D eigenvalue weighted by atomic mass is 10.1. The second-order valence-electron chi connectivity index (χ2n) is 4.38. The predicted octanol–water partition coefficient (Wildman–Crippen LogP) is 4.24. The molecule has 20 heavy (non-hydrogen) atoms. The Kier molecular flexibility index (Phi) is 4.24. The van der Waals surface area contributed by atoms with E-state index in [1.54, 1.807) is 30.3 Å². The molecule has 0 radical (unpaired) electrons. The first-order chi connectivity index (χ1) is 9.47. The molecule has 0 aromatic heterocycles. The second-order valence-corrected chi connectivity index (χ2v) is 5.24. The van der Waals surface area contributed by atoms with Gasteiger partial charge in [-0.1, -0.05) is 12.1 Å². The average Bonchev–Trinajstić information content (AvgIpc) is 2.38. The number of hydrogen-bond donors (Lipinski definition) is 2. The molecule has 0 heterocycles. The Morgan fingerprint density at radius 3 is 2.65 bits per heavy atom. The SMILES string of the molecule is CC(Nc1ccc([N+](=O)[O-])c(Br)c1)c1cccc(O)c1. The normalized spacial score (nSPS) is 11.9. The Bertz CT molecular complexity index is 646. The van der Waals surface area contributed by atoms with Gasteiger partial charge in [-0.3, -0.25) is 10.1 Å². The van der Waals surface area contributed by atoms with Crippen molar-refractivity contribution in [3.8, 4) is 5.75 Å². The molecule has 0 aliphatic heterocycles. The fourth-order valence-electron chi connectivity index (χ4n) is 1.87. The number of nitro benzene ring substituents is 1. The van der Waals surface area contributed by atoms with Gasteiger partial charge in [-0.15, -0.1) is 0 Å². The lowest BCUT2D eigenvalue weighted by Gasteiger charge is -2.16. The number of phenols is 1.